The zero-order valence-electron chi connectivity index (χ0n) is 11.5. The molecule has 3 nitrogen and oxygen atoms in total. The van der Waals surface area contributed by atoms with Crippen molar-refractivity contribution in [2.24, 2.45) is 4.99 Å². The lowest BCUT2D eigenvalue weighted by atomic mass is 10.0. The molecule has 0 radical (unpaired) electrons. The van der Waals surface area contributed by atoms with Gasteiger partial charge in [0.05, 0.1) is 0 Å². The molecule has 6 heteroatoms. The lowest BCUT2D eigenvalue weighted by Gasteiger charge is -2.21. The summed E-state index contributed by atoms with van der Waals surface area (Å²) < 4.78 is 40.6. The SMILES string of the molecule is C[C@@]1(c2cc(F)cc(F)c2)N=C(c2ccccc2F)C(=O)N1. The summed E-state index contributed by atoms with van der Waals surface area (Å²) in [5.41, 5.74) is -1.27. The van der Waals surface area contributed by atoms with Crippen LogP contribution in [0.5, 0.6) is 0 Å². The first-order valence-electron chi connectivity index (χ1n) is 6.53. The molecule has 2 aromatic rings. The summed E-state index contributed by atoms with van der Waals surface area (Å²) in [7, 11) is 0. The number of halogens is 3. The van der Waals surface area contributed by atoms with Gasteiger partial charge in [0.25, 0.3) is 5.91 Å². The minimum absolute atomic E-state index is 0.0422. The van der Waals surface area contributed by atoms with Gasteiger partial charge in [0.2, 0.25) is 0 Å². The Hall–Kier alpha value is -2.63. The highest BCUT2D eigenvalue weighted by Gasteiger charge is 2.38. The molecule has 0 spiro atoms. The third-order valence-electron chi connectivity index (χ3n) is 3.46. The van der Waals surface area contributed by atoms with E-state index < -0.39 is 29.0 Å². The molecule has 0 bridgehead atoms. The largest absolute Gasteiger partial charge is 0.323 e. The highest BCUT2D eigenvalue weighted by molar-refractivity contribution is 6.46. The fourth-order valence-electron chi connectivity index (χ4n) is 2.39. The normalized spacial score (nSPS) is 20.7. The van der Waals surface area contributed by atoms with Gasteiger partial charge in [-0.1, -0.05) is 12.1 Å². The fraction of sp³-hybridized carbons (Fsp3) is 0.125. The van der Waals surface area contributed by atoms with E-state index in [2.05, 4.69) is 10.3 Å². The highest BCUT2D eigenvalue weighted by Crippen LogP contribution is 2.29. The highest BCUT2D eigenvalue weighted by atomic mass is 19.1. The smallest absolute Gasteiger partial charge is 0.272 e. The molecule has 1 aliphatic rings. The minimum Gasteiger partial charge on any atom is -0.323 e. The molecule has 1 N–H and O–H groups in total. The second-order valence-corrected chi connectivity index (χ2v) is 5.12. The van der Waals surface area contributed by atoms with Gasteiger partial charge in [-0.2, -0.15) is 0 Å². The average molecular weight is 304 g/mol. The van der Waals surface area contributed by atoms with Crippen LogP contribution >= 0.6 is 0 Å². The van der Waals surface area contributed by atoms with Crippen LogP contribution in [-0.2, 0) is 10.5 Å². The number of rotatable bonds is 2. The van der Waals surface area contributed by atoms with E-state index in [4.69, 9.17) is 0 Å². The van der Waals surface area contributed by atoms with Crippen molar-refractivity contribution in [1.82, 2.24) is 5.32 Å². The van der Waals surface area contributed by atoms with Gasteiger partial charge < -0.3 is 5.32 Å². The molecule has 112 valence electrons. The van der Waals surface area contributed by atoms with E-state index in [0.717, 1.165) is 18.2 Å². The van der Waals surface area contributed by atoms with Crippen molar-refractivity contribution in [3.05, 3.63) is 71.0 Å². The van der Waals surface area contributed by atoms with Crippen LogP contribution < -0.4 is 5.32 Å². The van der Waals surface area contributed by atoms with Gasteiger partial charge in [-0.25, -0.2) is 18.2 Å². The van der Waals surface area contributed by atoms with Gasteiger partial charge in [-0.05, 0) is 31.2 Å². The van der Waals surface area contributed by atoms with Crippen LogP contribution in [0.1, 0.15) is 18.1 Å². The van der Waals surface area contributed by atoms with E-state index in [9.17, 15) is 18.0 Å². The van der Waals surface area contributed by atoms with Gasteiger partial charge in [-0.15, -0.1) is 0 Å². The third kappa shape index (κ3) is 2.36. The number of hydrogen-bond donors (Lipinski definition) is 1. The Kier molecular flexibility index (Phi) is 3.24. The summed E-state index contributed by atoms with van der Waals surface area (Å²) in [6.07, 6.45) is 0. The summed E-state index contributed by atoms with van der Waals surface area (Å²) >= 11 is 0. The maximum absolute atomic E-state index is 13.8. The molecular formula is C16H11F3N2O. The van der Waals surface area contributed by atoms with Gasteiger partial charge in [-0.3, -0.25) is 4.79 Å². The van der Waals surface area contributed by atoms with Crippen LogP contribution in [0.3, 0.4) is 0 Å². The summed E-state index contributed by atoms with van der Waals surface area (Å²) in [5, 5.41) is 2.53. The molecule has 1 aliphatic heterocycles. The van der Waals surface area contributed by atoms with E-state index in [-0.39, 0.29) is 16.8 Å². The first kappa shape index (κ1) is 14.3. The fourth-order valence-corrected chi connectivity index (χ4v) is 2.39. The molecule has 0 aromatic heterocycles. The topological polar surface area (TPSA) is 41.5 Å². The molecule has 0 unspecified atom stereocenters. The summed E-state index contributed by atoms with van der Waals surface area (Å²) in [6.45, 7) is 1.49. The van der Waals surface area contributed by atoms with Crippen LogP contribution in [0.4, 0.5) is 13.2 Å². The molecule has 1 amide bonds. The summed E-state index contributed by atoms with van der Waals surface area (Å²) in [6, 6.07) is 8.59. The first-order chi connectivity index (χ1) is 10.4. The summed E-state index contributed by atoms with van der Waals surface area (Å²) in [4.78, 5) is 16.3. The summed E-state index contributed by atoms with van der Waals surface area (Å²) in [5.74, 6) is -2.75. The molecule has 1 atom stereocenters. The molecule has 3 rings (SSSR count). The van der Waals surface area contributed by atoms with Crippen molar-refractivity contribution in [2.75, 3.05) is 0 Å². The number of nitrogens with zero attached hydrogens (tertiary/aromatic N) is 1. The van der Waals surface area contributed by atoms with Crippen LogP contribution in [0, 0.1) is 17.5 Å². The molecule has 22 heavy (non-hydrogen) atoms. The standard InChI is InChI=1S/C16H11F3N2O/c1-16(9-6-10(17)8-11(18)7-9)20-14(15(22)21-16)12-4-2-3-5-13(12)19/h2-8H,1H3,(H,21,22)/t16-/m1/s1. The van der Waals surface area contributed by atoms with Crippen molar-refractivity contribution >= 4 is 11.6 Å². The maximum Gasteiger partial charge on any atom is 0.272 e. The van der Waals surface area contributed by atoms with Gasteiger partial charge in [0, 0.05) is 17.2 Å². The molecular weight excluding hydrogens is 293 g/mol. The second kappa shape index (κ2) is 4.98. The zero-order chi connectivity index (χ0) is 15.9. The Morgan fingerprint density at radius 3 is 2.32 bits per heavy atom. The lowest BCUT2D eigenvalue weighted by molar-refractivity contribution is -0.115. The number of carbonyl (C=O) groups is 1. The van der Waals surface area contributed by atoms with Crippen LogP contribution in [0.2, 0.25) is 0 Å². The number of nitrogens with one attached hydrogen (secondary N) is 1. The third-order valence-corrected chi connectivity index (χ3v) is 3.46. The number of carbonyl (C=O) groups excluding carboxylic acids is 1. The van der Waals surface area contributed by atoms with Crippen molar-refractivity contribution in [1.29, 1.82) is 0 Å². The van der Waals surface area contributed by atoms with E-state index >= 15 is 0 Å². The average Bonchev–Trinajstić information content (AvgIpc) is 2.75. The number of hydrogen-bond acceptors (Lipinski definition) is 2. The predicted molar refractivity (Wildman–Crippen MR) is 74.8 cm³/mol. The van der Waals surface area contributed by atoms with Crippen LogP contribution in [0.25, 0.3) is 0 Å². The number of aliphatic imine (C=N–C) groups is 1. The predicted octanol–water partition coefficient (Wildman–Crippen LogP) is 2.90. The molecule has 1 heterocycles. The van der Waals surface area contributed by atoms with Crippen LogP contribution in [0.15, 0.2) is 47.5 Å². The molecule has 2 aromatic carbocycles. The van der Waals surface area contributed by atoms with Crippen LogP contribution in [-0.4, -0.2) is 11.6 Å². The number of amides is 1. The van der Waals surface area contributed by atoms with Crippen molar-refractivity contribution < 1.29 is 18.0 Å². The van der Waals surface area contributed by atoms with Crippen molar-refractivity contribution in [3.63, 3.8) is 0 Å². The van der Waals surface area contributed by atoms with Gasteiger partial charge in [0.1, 0.15) is 23.2 Å². The quantitative estimate of drug-likeness (QED) is 0.910. The Bertz CT molecular complexity index is 783. The van der Waals surface area contributed by atoms with E-state index in [1.807, 2.05) is 0 Å². The van der Waals surface area contributed by atoms with Gasteiger partial charge in [0.15, 0.2) is 5.66 Å². The maximum atomic E-state index is 13.8. The van der Waals surface area contributed by atoms with Crippen molar-refractivity contribution in [2.45, 2.75) is 12.6 Å². The molecule has 0 saturated carbocycles. The minimum atomic E-state index is -1.35. The lowest BCUT2D eigenvalue weighted by Crippen LogP contribution is -2.37. The van der Waals surface area contributed by atoms with Gasteiger partial charge >= 0.3 is 0 Å². The molecule has 0 aliphatic carbocycles. The van der Waals surface area contributed by atoms with Crippen molar-refractivity contribution in [3.8, 4) is 0 Å². The Balaban J connectivity index is 2.10. The Morgan fingerprint density at radius 1 is 1.05 bits per heavy atom. The Labute approximate surface area is 124 Å². The molecule has 0 fully saturated rings. The Morgan fingerprint density at radius 2 is 1.68 bits per heavy atom. The zero-order valence-corrected chi connectivity index (χ0v) is 11.5. The van der Waals surface area contributed by atoms with E-state index in [1.165, 1.54) is 25.1 Å². The van der Waals surface area contributed by atoms with E-state index in [1.54, 1.807) is 6.07 Å². The second-order valence-electron chi connectivity index (χ2n) is 5.12. The first-order valence-corrected chi connectivity index (χ1v) is 6.53. The molecule has 0 saturated heterocycles. The number of benzene rings is 2. The van der Waals surface area contributed by atoms with E-state index in [0.29, 0.717) is 0 Å². The monoisotopic (exact) mass is 304 g/mol.